The molecule has 0 unspecified atom stereocenters. The standard InChI is InChI=1S/C20H27N3O2S2/c1-16(2)18-6-4-17(5-7-18)15-26-20-9-8-19(14-21-20)27(24,25)23-12-10-22(3)11-13-23/h4-9,14,16H,10-13,15H2,1-3H3/p+1. The van der Waals surface area contributed by atoms with Gasteiger partial charge in [0.2, 0.25) is 10.0 Å². The Morgan fingerprint density at radius 2 is 1.78 bits per heavy atom. The minimum atomic E-state index is -3.43. The summed E-state index contributed by atoms with van der Waals surface area (Å²) in [6, 6.07) is 12.1. The zero-order valence-corrected chi connectivity index (χ0v) is 17.8. The summed E-state index contributed by atoms with van der Waals surface area (Å²) in [5, 5.41) is 0.838. The Kier molecular flexibility index (Phi) is 6.57. The molecule has 2 aromatic rings. The van der Waals surface area contributed by atoms with Crippen molar-refractivity contribution < 1.29 is 13.3 Å². The SMILES string of the molecule is CC(C)c1ccc(CSc2ccc(S(=O)(=O)N3CC[NH+](C)CC3)cn2)cc1. The summed E-state index contributed by atoms with van der Waals surface area (Å²) in [6.45, 7) is 7.19. The molecule has 1 saturated heterocycles. The molecule has 0 saturated carbocycles. The molecule has 146 valence electrons. The Balaban J connectivity index is 1.61. The van der Waals surface area contributed by atoms with Gasteiger partial charge in [-0.25, -0.2) is 13.4 Å². The fourth-order valence-corrected chi connectivity index (χ4v) is 5.20. The van der Waals surface area contributed by atoms with Gasteiger partial charge in [-0.05, 0) is 29.2 Å². The maximum atomic E-state index is 12.7. The number of nitrogens with one attached hydrogen (secondary N) is 1. The van der Waals surface area contributed by atoms with E-state index in [2.05, 4.69) is 50.1 Å². The van der Waals surface area contributed by atoms with Gasteiger partial charge in [-0.2, -0.15) is 4.31 Å². The summed E-state index contributed by atoms with van der Waals surface area (Å²) in [5.41, 5.74) is 2.57. The number of thioether (sulfide) groups is 1. The maximum absolute atomic E-state index is 12.7. The minimum Gasteiger partial charge on any atom is -0.335 e. The first-order valence-electron chi connectivity index (χ1n) is 9.35. The summed E-state index contributed by atoms with van der Waals surface area (Å²) in [7, 11) is -1.34. The van der Waals surface area contributed by atoms with Crippen molar-refractivity contribution in [2.45, 2.75) is 35.4 Å². The molecule has 1 aliphatic heterocycles. The molecular formula is C20H28N3O2S2+. The summed E-state index contributed by atoms with van der Waals surface area (Å²) >= 11 is 1.62. The number of piperazine rings is 1. The summed E-state index contributed by atoms with van der Waals surface area (Å²) < 4.78 is 27.1. The molecule has 5 nitrogen and oxygen atoms in total. The number of hydrogen-bond donors (Lipinski definition) is 1. The molecule has 1 aromatic carbocycles. The van der Waals surface area contributed by atoms with Gasteiger partial charge in [0.1, 0.15) is 4.90 Å². The van der Waals surface area contributed by atoms with E-state index in [4.69, 9.17) is 0 Å². The predicted octanol–water partition coefficient (Wildman–Crippen LogP) is 2.02. The van der Waals surface area contributed by atoms with E-state index >= 15 is 0 Å². The van der Waals surface area contributed by atoms with E-state index in [1.807, 2.05) is 0 Å². The molecule has 0 radical (unpaired) electrons. The van der Waals surface area contributed by atoms with Crippen molar-refractivity contribution in [3.05, 3.63) is 53.7 Å². The largest absolute Gasteiger partial charge is 0.335 e. The quantitative estimate of drug-likeness (QED) is 0.746. The summed E-state index contributed by atoms with van der Waals surface area (Å²) in [6.07, 6.45) is 1.49. The molecular weight excluding hydrogens is 378 g/mol. The molecule has 27 heavy (non-hydrogen) atoms. The van der Waals surface area contributed by atoms with Crippen molar-refractivity contribution >= 4 is 21.8 Å². The van der Waals surface area contributed by atoms with E-state index < -0.39 is 10.0 Å². The highest BCUT2D eigenvalue weighted by atomic mass is 32.2. The number of quaternary nitrogens is 1. The van der Waals surface area contributed by atoms with Gasteiger partial charge in [0.05, 0.1) is 38.3 Å². The zero-order chi connectivity index (χ0) is 19.4. The van der Waals surface area contributed by atoms with Crippen molar-refractivity contribution in [1.29, 1.82) is 0 Å². The van der Waals surface area contributed by atoms with Gasteiger partial charge in [-0.3, -0.25) is 0 Å². The molecule has 0 bridgehead atoms. The molecule has 3 rings (SSSR count). The maximum Gasteiger partial charge on any atom is 0.245 e. The second kappa shape index (κ2) is 8.73. The van der Waals surface area contributed by atoms with Crippen LogP contribution in [0.25, 0.3) is 0 Å². The first kappa shape index (κ1) is 20.3. The smallest absolute Gasteiger partial charge is 0.245 e. The molecule has 1 aromatic heterocycles. The third-order valence-electron chi connectivity index (χ3n) is 4.96. The van der Waals surface area contributed by atoms with Crippen LogP contribution < -0.4 is 4.90 Å². The van der Waals surface area contributed by atoms with Crippen LogP contribution in [-0.4, -0.2) is 50.9 Å². The van der Waals surface area contributed by atoms with Gasteiger partial charge in [-0.1, -0.05) is 38.1 Å². The van der Waals surface area contributed by atoms with Crippen LogP contribution >= 0.6 is 11.8 Å². The van der Waals surface area contributed by atoms with Gasteiger partial charge in [-0.15, -0.1) is 11.8 Å². The average Bonchev–Trinajstić information content (AvgIpc) is 2.67. The van der Waals surface area contributed by atoms with Crippen LogP contribution in [0.5, 0.6) is 0 Å². The molecule has 1 aliphatic rings. The van der Waals surface area contributed by atoms with E-state index in [1.165, 1.54) is 22.2 Å². The first-order chi connectivity index (χ1) is 12.9. The number of aromatic nitrogens is 1. The van der Waals surface area contributed by atoms with Crippen LogP contribution in [0.1, 0.15) is 30.9 Å². The fourth-order valence-electron chi connectivity index (χ4n) is 3.02. The average molecular weight is 407 g/mol. The Hall–Kier alpha value is -1.41. The molecule has 0 amide bonds. The Labute approximate surface area is 166 Å². The van der Waals surface area contributed by atoms with Crippen LogP contribution in [0.3, 0.4) is 0 Å². The lowest BCUT2D eigenvalue weighted by molar-refractivity contribution is -0.883. The Morgan fingerprint density at radius 1 is 1.11 bits per heavy atom. The van der Waals surface area contributed by atoms with E-state index in [9.17, 15) is 8.42 Å². The highest BCUT2D eigenvalue weighted by Gasteiger charge is 2.29. The van der Waals surface area contributed by atoms with Crippen molar-refractivity contribution in [2.75, 3.05) is 33.2 Å². The zero-order valence-electron chi connectivity index (χ0n) is 16.2. The molecule has 7 heteroatoms. The predicted molar refractivity (Wildman–Crippen MR) is 110 cm³/mol. The lowest BCUT2D eigenvalue weighted by Crippen LogP contribution is -3.12. The Morgan fingerprint density at radius 3 is 2.33 bits per heavy atom. The summed E-state index contributed by atoms with van der Waals surface area (Å²) in [5.74, 6) is 1.35. The molecule has 0 spiro atoms. The van der Waals surface area contributed by atoms with E-state index in [0.29, 0.717) is 19.0 Å². The van der Waals surface area contributed by atoms with Crippen LogP contribution in [0.2, 0.25) is 0 Å². The lowest BCUT2D eigenvalue weighted by Gasteiger charge is -2.29. The van der Waals surface area contributed by atoms with Gasteiger partial charge in [0.15, 0.2) is 0 Å². The van der Waals surface area contributed by atoms with E-state index in [0.717, 1.165) is 23.9 Å². The summed E-state index contributed by atoms with van der Waals surface area (Å²) in [4.78, 5) is 6.02. The second-order valence-electron chi connectivity index (χ2n) is 7.38. The third-order valence-corrected chi connectivity index (χ3v) is 7.85. The second-order valence-corrected chi connectivity index (χ2v) is 10.3. The molecule has 1 N–H and O–H groups in total. The van der Waals surface area contributed by atoms with Crippen molar-refractivity contribution in [1.82, 2.24) is 9.29 Å². The molecule has 1 fully saturated rings. The monoisotopic (exact) mass is 406 g/mol. The first-order valence-corrected chi connectivity index (χ1v) is 11.8. The van der Waals surface area contributed by atoms with Crippen molar-refractivity contribution in [3.8, 4) is 0 Å². The highest BCUT2D eigenvalue weighted by Crippen LogP contribution is 2.24. The normalized spacial score (nSPS) is 16.7. The number of benzene rings is 1. The van der Waals surface area contributed by atoms with Crippen LogP contribution in [-0.2, 0) is 15.8 Å². The van der Waals surface area contributed by atoms with E-state index in [-0.39, 0.29) is 4.90 Å². The number of rotatable bonds is 6. The van der Waals surface area contributed by atoms with E-state index in [1.54, 1.807) is 28.2 Å². The molecule has 0 aliphatic carbocycles. The third kappa shape index (κ3) is 5.10. The van der Waals surface area contributed by atoms with Crippen LogP contribution in [0.15, 0.2) is 52.5 Å². The molecule has 2 heterocycles. The lowest BCUT2D eigenvalue weighted by atomic mass is 10.0. The number of sulfonamides is 1. The topological polar surface area (TPSA) is 54.7 Å². The van der Waals surface area contributed by atoms with Gasteiger partial charge >= 0.3 is 0 Å². The number of hydrogen-bond acceptors (Lipinski definition) is 4. The van der Waals surface area contributed by atoms with Crippen molar-refractivity contribution in [3.63, 3.8) is 0 Å². The number of likely N-dealkylation sites (N-methyl/N-ethyl adjacent to an activating group) is 1. The minimum absolute atomic E-state index is 0.285. The van der Waals surface area contributed by atoms with Crippen LogP contribution in [0.4, 0.5) is 0 Å². The number of nitrogens with zero attached hydrogens (tertiary/aromatic N) is 2. The highest BCUT2D eigenvalue weighted by molar-refractivity contribution is 7.98. The fraction of sp³-hybridized carbons (Fsp3) is 0.450. The number of pyridine rings is 1. The van der Waals surface area contributed by atoms with Gasteiger partial charge in [0, 0.05) is 11.9 Å². The Bertz CT molecular complexity index is 842. The molecule has 0 atom stereocenters. The van der Waals surface area contributed by atoms with Gasteiger partial charge in [0.25, 0.3) is 0 Å². The van der Waals surface area contributed by atoms with Crippen molar-refractivity contribution in [2.24, 2.45) is 0 Å². The van der Waals surface area contributed by atoms with Crippen LogP contribution in [0, 0.1) is 0 Å². The van der Waals surface area contributed by atoms with Gasteiger partial charge < -0.3 is 4.90 Å².